The fourth-order valence-electron chi connectivity index (χ4n) is 3.01. The second-order valence-electron chi connectivity index (χ2n) is 7.20. The molecule has 0 saturated heterocycles. The highest BCUT2D eigenvalue weighted by atomic mass is 19.4. The van der Waals surface area contributed by atoms with Gasteiger partial charge in [-0.1, -0.05) is 50.2 Å². The summed E-state index contributed by atoms with van der Waals surface area (Å²) >= 11 is 0. The highest BCUT2D eigenvalue weighted by molar-refractivity contribution is 5.66. The largest absolute Gasteiger partial charge is 0.458 e. The van der Waals surface area contributed by atoms with Crippen LogP contribution in [0.3, 0.4) is 0 Å². The molecular weight excluding hydrogens is 498 g/mol. The summed E-state index contributed by atoms with van der Waals surface area (Å²) in [5.41, 5.74) is -1.91. The Morgan fingerprint density at radius 1 is 0.722 bits per heavy atom. The number of rotatable bonds is 7. The molecule has 11 heteroatoms. The summed E-state index contributed by atoms with van der Waals surface area (Å²) in [5, 5.41) is 9.62. The Morgan fingerprint density at radius 2 is 1.25 bits per heavy atom. The first-order valence-electron chi connectivity index (χ1n) is 10.7. The van der Waals surface area contributed by atoms with Gasteiger partial charge in [0.2, 0.25) is 0 Å². The molecule has 0 aliphatic rings. The lowest BCUT2D eigenvalue weighted by molar-refractivity contribution is -0.289. The van der Waals surface area contributed by atoms with Gasteiger partial charge in [0.15, 0.2) is 6.10 Å². The lowest BCUT2D eigenvalue weighted by Gasteiger charge is -2.29. The summed E-state index contributed by atoms with van der Waals surface area (Å²) in [6.07, 6.45) is -13.9. The fourth-order valence-corrected chi connectivity index (χ4v) is 3.01. The third kappa shape index (κ3) is 7.09. The summed E-state index contributed by atoms with van der Waals surface area (Å²) < 4.78 is 111. The van der Waals surface area contributed by atoms with Crippen LogP contribution >= 0.6 is 0 Å². The number of hydrogen-bond acceptors (Lipinski definition) is 3. The monoisotopic (exact) mass is 521 g/mol. The summed E-state index contributed by atoms with van der Waals surface area (Å²) in [5.74, 6) is -4.68. The van der Waals surface area contributed by atoms with Crippen molar-refractivity contribution >= 4 is 11.4 Å². The Morgan fingerprint density at radius 3 is 1.81 bits per heavy atom. The molecule has 196 valence electrons. The maximum atomic E-state index is 13.9. The van der Waals surface area contributed by atoms with Crippen molar-refractivity contribution in [1.82, 2.24) is 0 Å². The van der Waals surface area contributed by atoms with Crippen molar-refractivity contribution in [2.24, 2.45) is 0 Å². The van der Waals surface area contributed by atoms with Gasteiger partial charge in [0.05, 0.1) is 6.54 Å². The van der Waals surface area contributed by atoms with Crippen molar-refractivity contribution in [1.29, 1.82) is 0 Å². The Bertz CT molecular complexity index is 1100. The van der Waals surface area contributed by atoms with E-state index in [0.717, 1.165) is 17.0 Å². The number of ether oxygens (including phenoxy) is 1. The molecule has 1 unspecified atom stereocenters. The molecule has 0 saturated carbocycles. The van der Waals surface area contributed by atoms with E-state index in [-0.39, 0.29) is 11.4 Å². The van der Waals surface area contributed by atoms with E-state index in [0.29, 0.717) is 17.9 Å². The first-order chi connectivity index (χ1) is 16.8. The average molecular weight is 521 g/mol. The van der Waals surface area contributed by atoms with Crippen molar-refractivity contribution in [3.05, 3.63) is 84.4 Å². The number of aliphatic hydroxyl groups is 1. The van der Waals surface area contributed by atoms with Crippen molar-refractivity contribution < 1.29 is 45.0 Å². The molecule has 3 aromatic carbocycles. The van der Waals surface area contributed by atoms with E-state index in [1.165, 1.54) is 24.3 Å². The van der Waals surface area contributed by atoms with Gasteiger partial charge in [0, 0.05) is 23.0 Å². The number of para-hydroxylation sites is 1. The number of hydrogen-bond donors (Lipinski definition) is 1. The zero-order chi connectivity index (χ0) is 27.1. The summed E-state index contributed by atoms with van der Waals surface area (Å²) in [6.45, 7) is 2.83. The lowest BCUT2D eigenvalue weighted by Crippen LogP contribution is -2.39. The van der Waals surface area contributed by atoms with Gasteiger partial charge >= 0.3 is 18.3 Å². The molecule has 1 atom stereocenters. The van der Waals surface area contributed by atoms with Gasteiger partial charge in [-0.05, 0) is 36.4 Å². The molecule has 0 heterocycles. The van der Waals surface area contributed by atoms with Crippen LogP contribution in [0.1, 0.15) is 19.4 Å². The van der Waals surface area contributed by atoms with E-state index in [1.807, 2.05) is 13.8 Å². The van der Waals surface area contributed by atoms with E-state index in [4.69, 9.17) is 4.74 Å². The van der Waals surface area contributed by atoms with Crippen LogP contribution in [0.15, 0.2) is 78.9 Å². The molecule has 3 rings (SSSR count). The molecule has 36 heavy (non-hydrogen) atoms. The molecule has 0 bridgehead atoms. The van der Waals surface area contributed by atoms with E-state index in [9.17, 15) is 40.2 Å². The molecular formula is C25H23F8NO2. The predicted molar refractivity (Wildman–Crippen MR) is 120 cm³/mol. The highest BCUT2D eigenvalue weighted by Gasteiger charge is 2.58. The van der Waals surface area contributed by atoms with Gasteiger partial charge < -0.3 is 14.7 Å². The first-order valence-corrected chi connectivity index (χ1v) is 10.7. The molecule has 0 aromatic heterocycles. The summed E-state index contributed by atoms with van der Waals surface area (Å²) in [4.78, 5) is 0.784. The molecule has 0 aliphatic carbocycles. The summed E-state index contributed by atoms with van der Waals surface area (Å²) in [7, 11) is 0. The Hall–Kier alpha value is -3.34. The third-order valence-corrected chi connectivity index (χ3v) is 4.72. The topological polar surface area (TPSA) is 32.7 Å². The second kappa shape index (κ2) is 11.6. The van der Waals surface area contributed by atoms with Gasteiger partial charge in [0.25, 0.3) is 0 Å². The maximum absolute atomic E-state index is 13.9. The standard InChI is InChI=1S/C23H17F8NO2.C2H6/c24-21(25,23(29,30)31)15-6-4-7-16(12-15)32(14-20(33)22(26,27)28)17-8-5-11-19(13-17)34-18-9-2-1-3-10-18;1-2/h1-13,20,33H,14H2;1-2H3. The SMILES string of the molecule is CC.OC(CN(c1cccc(Oc2ccccc2)c1)c1cccc(C(F)(F)C(F)(F)F)c1)C(F)(F)F. The van der Waals surface area contributed by atoms with Crippen molar-refractivity contribution in [3.63, 3.8) is 0 Å². The number of alkyl halides is 8. The molecule has 0 amide bonds. The van der Waals surface area contributed by atoms with Gasteiger partial charge in [-0.15, -0.1) is 0 Å². The van der Waals surface area contributed by atoms with Crippen LogP contribution in [-0.2, 0) is 5.92 Å². The Balaban J connectivity index is 0.00000222. The number of anilines is 2. The number of aliphatic hydroxyl groups excluding tert-OH is 1. The van der Waals surface area contributed by atoms with Crippen LogP contribution in [0.5, 0.6) is 11.5 Å². The zero-order valence-corrected chi connectivity index (χ0v) is 19.1. The van der Waals surface area contributed by atoms with Crippen molar-refractivity contribution in [2.45, 2.75) is 38.2 Å². The van der Waals surface area contributed by atoms with E-state index in [1.54, 1.807) is 30.3 Å². The number of nitrogens with zero attached hydrogens (tertiary/aromatic N) is 1. The minimum atomic E-state index is -5.91. The van der Waals surface area contributed by atoms with Crippen LogP contribution in [0, 0.1) is 0 Å². The maximum Gasteiger partial charge on any atom is 0.458 e. The molecule has 0 fully saturated rings. The van der Waals surface area contributed by atoms with Crippen molar-refractivity contribution in [3.8, 4) is 11.5 Å². The van der Waals surface area contributed by atoms with E-state index >= 15 is 0 Å². The van der Waals surface area contributed by atoms with Crippen LogP contribution in [-0.4, -0.2) is 30.1 Å². The second-order valence-corrected chi connectivity index (χ2v) is 7.20. The van der Waals surface area contributed by atoms with Gasteiger partial charge in [0.1, 0.15) is 11.5 Å². The molecule has 3 nitrogen and oxygen atoms in total. The number of halogens is 8. The fraction of sp³-hybridized carbons (Fsp3) is 0.280. The van der Waals surface area contributed by atoms with Gasteiger partial charge in [-0.3, -0.25) is 0 Å². The minimum Gasteiger partial charge on any atom is -0.457 e. The molecule has 0 radical (unpaired) electrons. The Kier molecular flexibility index (Phi) is 9.31. The van der Waals surface area contributed by atoms with E-state index < -0.39 is 42.2 Å². The molecule has 1 N–H and O–H groups in total. The zero-order valence-electron chi connectivity index (χ0n) is 19.1. The van der Waals surface area contributed by atoms with Crippen LogP contribution in [0.2, 0.25) is 0 Å². The molecule has 0 spiro atoms. The van der Waals surface area contributed by atoms with Crippen LogP contribution in [0.4, 0.5) is 46.5 Å². The smallest absolute Gasteiger partial charge is 0.457 e. The van der Waals surface area contributed by atoms with Gasteiger partial charge in [-0.25, -0.2) is 0 Å². The number of benzene rings is 3. The predicted octanol–water partition coefficient (Wildman–Crippen LogP) is 8.22. The Labute approximate surface area is 202 Å². The van der Waals surface area contributed by atoms with Crippen LogP contribution < -0.4 is 9.64 Å². The average Bonchev–Trinajstić information content (AvgIpc) is 2.83. The normalized spacial score (nSPS) is 12.9. The third-order valence-electron chi connectivity index (χ3n) is 4.72. The lowest BCUT2D eigenvalue weighted by atomic mass is 10.1. The van der Waals surface area contributed by atoms with E-state index in [2.05, 4.69) is 0 Å². The highest BCUT2D eigenvalue weighted by Crippen LogP contribution is 2.45. The summed E-state index contributed by atoms with van der Waals surface area (Å²) in [6, 6.07) is 16.6. The molecule has 3 aromatic rings. The quantitative estimate of drug-likeness (QED) is 0.318. The van der Waals surface area contributed by atoms with Crippen LogP contribution in [0.25, 0.3) is 0 Å². The first kappa shape index (κ1) is 28.9. The van der Waals surface area contributed by atoms with Gasteiger partial charge in [-0.2, -0.15) is 35.1 Å². The van der Waals surface area contributed by atoms with Crippen molar-refractivity contribution in [2.75, 3.05) is 11.4 Å². The molecule has 0 aliphatic heterocycles. The minimum absolute atomic E-state index is 0.0378.